The summed E-state index contributed by atoms with van der Waals surface area (Å²) in [7, 11) is 0. The van der Waals surface area contributed by atoms with E-state index < -0.39 is 24.6 Å². The van der Waals surface area contributed by atoms with E-state index in [4.69, 9.17) is 10.2 Å². The van der Waals surface area contributed by atoms with Gasteiger partial charge in [0, 0.05) is 13.1 Å². The number of aliphatic hydroxyl groups excluding tert-OH is 1. The molecule has 1 fully saturated rings. The predicted octanol–water partition coefficient (Wildman–Crippen LogP) is -2.43. The first-order valence-electron chi connectivity index (χ1n) is 4.70. The molecule has 8 heteroatoms. The third-order valence-electron chi connectivity index (χ3n) is 2.10. The van der Waals surface area contributed by atoms with Crippen LogP contribution in [0.15, 0.2) is 0 Å². The Morgan fingerprint density at radius 2 is 2.25 bits per heavy atom. The minimum Gasteiger partial charge on any atom is -0.480 e. The topological polar surface area (TPSA) is 119 Å². The number of aliphatic hydroxyl groups is 1. The van der Waals surface area contributed by atoms with Crippen molar-refractivity contribution in [3.8, 4) is 0 Å². The molecule has 0 aromatic rings. The first kappa shape index (κ1) is 12.2. The average molecular weight is 231 g/mol. The van der Waals surface area contributed by atoms with Crippen molar-refractivity contribution in [2.24, 2.45) is 0 Å². The summed E-state index contributed by atoms with van der Waals surface area (Å²) in [5.41, 5.74) is 0. The van der Waals surface area contributed by atoms with Crippen LogP contribution in [-0.4, -0.2) is 65.3 Å². The fraction of sp³-hybridized carbons (Fsp3) is 0.625. The number of rotatable bonds is 3. The number of piperazine rings is 1. The number of carbonyl (C=O) groups is 3. The second-order valence-corrected chi connectivity index (χ2v) is 3.29. The molecule has 0 spiro atoms. The van der Waals surface area contributed by atoms with Gasteiger partial charge in [-0.3, -0.25) is 4.79 Å². The molecule has 0 aromatic heterocycles. The fourth-order valence-corrected chi connectivity index (χ4v) is 1.24. The summed E-state index contributed by atoms with van der Waals surface area (Å²) in [5.74, 6) is -1.62. The number of amides is 3. The smallest absolute Gasteiger partial charge is 0.328 e. The van der Waals surface area contributed by atoms with E-state index in [1.807, 2.05) is 0 Å². The van der Waals surface area contributed by atoms with Gasteiger partial charge in [0.25, 0.3) is 0 Å². The second-order valence-electron chi connectivity index (χ2n) is 3.29. The minimum atomic E-state index is -1.35. The number of nitrogens with zero attached hydrogens (tertiary/aromatic N) is 1. The second kappa shape index (κ2) is 5.31. The molecule has 1 heterocycles. The predicted molar refractivity (Wildman–Crippen MR) is 51.6 cm³/mol. The highest BCUT2D eigenvalue weighted by molar-refractivity contribution is 5.87. The van der Waals surface area contributed by atoms with Gasteiger partial charge in [-0.1, -0.05) is 0 Å². The molecule has 0 saturated carbocycles. The molecule has 0 aliphatic carbocycles. The molecule has 1 atom stereocenters. The van der Waals surface area contributed by atoms with Crippen LogP contribution in [-0.2, 0) is 9.59 Å². The molecule has 0 aromatic carbocycles. The molecule has 4 N–H and O–H groups in total. The van der Waals surface area contributed by atoms with Gasteiger partial charge >= 0.3 is 12.0 Å². The first-order valence-corrected chi connectivity index (χ1v) is 4.70. The molecule has 0 unspecified atom stereocenters. The molecule has 1 saturated heterocycles. The Hall–Kier alpha value is -1.83. The van der Waals surface area contributed by atoms with Crippen LogP contribution in [0.25, 0.3) is 0 Å². The number of nitrogens with one attached hydrogen (secondary N) is 2. The van der Waals surface area contributed by atoms with Gasteiger partial charge in [0.2, 0.25) is 5.91 Å². The summed E-state index contributed by atoms with van der Waals surface area (Å²) in [6.45, 7) is -0.150. The molecule has 0 bridgehead atoms. The molecule has 0 radical (unpaired) electrons. The van der Waals surface area contributed by atoms with Crippen molar-refractivity contribution in [3.05, 3.63) is 0 Å². The van der Waals surface area contributed by atoms with Crippen LogP contribution in [0.1, 0.15) is 0 Å². The Balaban J connectivity index is 2.50. The number of carbonyl (C=O) groups excluding carboxylic acids is 2. The van der Waals surface area contributed by atoms with E-state index in [0.29, 0.717) is 13.1 Å². The molecule has 1 aliphatic rings. The summed E-state index contributed by atoms with van der Waals surface area (Å²) < 4.78 is 0. The van der Waals surface area contributed by atoms with Crippen molar-refractivity contribution < 1.29 is 24.6 Å². The first-order chi connectivity index (χ1) is 7.54. The van der Waals surface area contributed by atoms with Gasteiger partial charge in [-0.2, -0.15) is 0 Å². The van der Waals surface area contributed by atoms with Crippen molar-refractivity contribution in [1.82, 2.24) is 15.5 Å². The molecular formula is C8H13N3O5. The van der Waals surface area contributed by atoms with E-state index in [9.17, 15) is 14.4 Å². The van der Waals surface area contributed by atoms with Crippen molar-refractivity contribution in [2.45, 2.75) is 6.04 Å². The van der Waals surface area contributed by atoms with Crippen LogP contribution in [0.5, 0.6) is 0 Å². The Morgan fingerprint density at radius 3 is 2.75 bits per heavy atom. The highest BCUT2D eigenvalue weighted by Crippen LogP contribution is 1.95. The Kier molecular flexibility index (Phi) is 4.06. The van der Waals surface area contributed by atoms with Crippen LogP contribution >= 0.6 is 0 Å². The summed E-state index contributed by atoms with van der Waals surface area (Å²) >= 11 is 0. The Labute approximate surface area is 91.2 Å². The van der Waals surface area contributed by atoms with Gasteiger partial charge in [0.05, 0.1) is 6.61 Å². The standard InChI is InChI=1S/C8H13N3O5/c12-4-5(7(14)15)10-8(16)11-2-1-9-6(13)3-11/h5,12H,1-4H2,(H,9,13)(H,10,16)(H,14,15)/t5-/m0/s1. The zero-order chi connectivity index (χ0) is 12.1. The van der Waals surface area contributed by atoms with Gasteiger partial charge in [0.15, 0.2) is 6.04 Å². The van der Waals surface area contributed by atoms with Crippen molar-refractivity contribution in [1.29, 1.82) is 0 Å². The third kappa shape index (κ3) is 3.09. The lowest BCUT2D eigenvalue weighted by molar-refractivity contribution is -0.140. The number of urea groups is 1. The van der Waals surface area contributed by atoms with E-state index in [1.54, 1.807) is 0 Å². The lowest BCUT2D eigenvalue weighted by atomic mass is 10.3. The lowest BCUT2D eigenvalue weighted by Gasteiger charge is -2.27. The molecular weight excluding hydrogens is 218 g/mol. The number of carboxylic acid groups (broad SMARTS) is 1. The fourth-order valence-electron chi connectivity index (χ4n) is 1.24. The van der Waals surface area contributed by atoms with E-state index >= 15 is 0 Å². The zero-order valence-corrected chi connectivity index (χ0v) is 8.47. The Bertz CT molecular complexity index is 306. The van der Waals surface area contributed by atoms with Gasteiger partial charge in [-0.25, -0.2) is 9.59 Å². The van der Waals surface area contributed by atoms with Gasteiger partial charge in [0.1, 0.15) is 6.54 Å². The highest BCUT2D eigenvalue weighted by atomic mass is 16.4. The maximum absolute atomic E-state index is 11.5. The minimum absolute atomic E-state index is 0.108. The molecule has 8 nitrogen and oxygen atoms in total. The number of carboxylic acids is 1. The van der Waals surface area contributed by atoms with Crippen molar-refractivity contribution in [2.75, 3.05) is 26.2 Å². The summed E-state index contributed by atoms with van der Waals surface area (Å²) in [6, 6.07) is -2.02. The SMILES string of the molecule is O=C1CN(C(=O)N[C@@H](CO)C(=O)O)CCN1. The van der Waals surface area contributed by atoms with E-state index in [-0.39, 0.29) is 12.5 Å². The van der Waals surface area contributed by atoms with Crippen molar-refractivity contribution in [3.63, 3.8) is 0 Å². The van der Waals surface area contributed by atoms with E-state index in [1.165, 1.54) is 4.90 Å². The summed E-state index contributed by atoms with van der Waals surface area (Å²) in [5, 5.41) is 21.9. The van der Waals surface area contributed by atoms with Crippen LogP contribution < -0.4 is 10.6 Å². The largest absolute Gasteiger partial charge is 0.480 e. The monoisotopic (exact) mass is 231 g/mol. The number of hydrogen-bond acceptors (Lipinski definition) is 4. The van der Waals surface area contributed by atoms with Gasteiger partial charge < -0.3 is 25.7 Å². The maximum atomic E-state index is 11.5. The van der Waals surface area contributed by atoms with Crippen LogP contribution in [0.2, 0.25) is 0 Å². The van der Waals surface area contributed by atoms with E-state index in [2.05, 4.69) is 10.6 Å². The van der Waals surface area contributed by atoms with Crippen LogP contribution in [0.3, 0.4) is 0 Å². The van der Waals surface area contributed by atoms with Crippen LogP contribution in [0.4, 0.5) is 4.79 Å². The number of aliphatic carboxylic acids is 1. The average Bonchev–Trinajstić information content (AvgIpc) is 2.25. The quantitative estimate of drug-likeness (QED) is 0.430. The molecule has 90 valence electrons. The molecule has 3 amide bonds. The highest BCUT2D eigenvalue weighted by Gasteiger charge is 2.25. The number of hydrogen-bond donors (Lipinski definition) is 4. The zero-order valence-electron chi connectivity index (χ0n) is 8.47. The molecule has 1 aliphatic heterocycles. The summed E-state index contributed by atoms with van der Waals surface area (Å²) in [6.07, 6.45) is 0. The van der Waals surface area contributed by atoms with Crippen molar-refractivity contribution >= 4 is 17.9 Å². The van der Waals surface area contributed by atoms with Gasteiger partial charge in [-0.15, -0.1) is 0 Å². The van der Waals surface area contributed by atoms with E-state index in [0.717, 1.165) is 0 Å². The van der Waals surface area contributed by atoms with Gasteiger partial charge in [-0.05, 0) is 0 Å². The summed E-state index contributed by atoms with van der Waals surface area (Å²) in [4.78, 5) is 34.2. The molecule has 1 rings (SSSR count). The third-order valence-corrected chi connectivity index (χ3v) is 2.10. The lowest BCUT2D eigenvalue weighted by Crippen LogP contribution is -2.56. The molecule has 16 heavy (non-hydrogen) atoms. The Morgan fingerprint density at radius 1 is 1.56 bits per heavy atom. The van der Waals surface area contributed by atoms with Crippen LogP contribution in [0, 0.1) is 0 Å². The normalized spacial score (nSPS) is 17.6. The maximum Gasteiger partial charge on any atom is 0.328 e.